The Kier molecular flexibility index (Phi) is 5.71. The molecule has 26 heavy (non-hydrogen) atoms. The van der Waals surface area contributed by atoms with E-state index in [2.05, 4.69) is 88.4 Å². The van der Waals surface area contributed by atoms with Gasteiger partial charge >= 0.3 is 0 Å². The minimum absolute atomic E-state index is 0.0304. The molecule has 2 aromatic carbocycles. The topological polar surface area (TPSA) is 29.5 Å². The first-order valence-electron chi connectivity index (χ1n) is 9.76. The molecule has 3 rings (SSSR count). The summed E-state index contributed by atoms with van der Waals surface area (Å²) in [6.07, 6.45) is 1.18. The lowest BCUT2D eigenvalue weighted by Gasteiger charge is -2.43. The molecular weight excluding hydrogens is 336 g/mol. The van der Waals surface area contributed by atoms with Crippen molar-refractivity contribution in [1.82, 2.24) is 0 Å². The van der Waals surface area contributed by atoms with Gasteiger partial charge in [0.15, 0.2) is 0 Å². The molecule has 0 saturated heterocycles. The molecular formula is C23H32O2Si. The number of rotatable bonds is 7. The summed E-state index contributed by atoms with van der Waals surface area (Å²) in [6.45, 7) is 10.2. The highest BCUT2D eigenvalue weighted by molar-refractivity contribution is 6.99. The molecule has 0 aromatic heterocycles. The standard InChI is InChI=1S/C23H32O2Si/c1-18(16-24)22-15-19(22)17-25-26(23(2,3)4,20-11-7-5-8-12-20)21-13-9-6-10-14-21/h5-14,18-19,22,24H,15-17H2,1-4H3/t18-,19-,22+/m0/s1. The summed E-state index contributed by atoms with van der Waals surface area (Å²) in [4.78, 5) is 0. The van der Waals surface area contributed by atoms with Crippen LogP contribution in [0.4, 0.5) is 0 Å². The average molecular weight is 369 g/mol. The van der Waals surface area contributed by atoms with E-state index in [1.54, 1.807) is 0 Å². The zero-order valence-corrected chi connectivity index (χ0v) is 17.5. The van der Waals surface area contributed by atoms with Crippen molar-refractivity contribution < 1.29 is 9.53 Å². The lowest BCUT2D eigenvalue weighted by atomic mass is 10.1. The maximum absolute atomic E-state index is 9.44. The number of hydrogen-bond acceptors (Lipinski definition) is 2. The van der Waals surface area contributed by atoms with Crippen LogP contribution in [-0.4, -0.2) is 26.6 Å². The van der Waals surface area contributed by atoms with Crippen LogP contribution in [0.15, 0.2) is 60.7 Å². The van der Waals surface area contributed by atoms with E-state index in [4.69, 9.17) is 4.43 Å². The molecule has 3 heteroatoms. The van der Waals surface area contributed by atoms with E-state index >= 15 is 0 Å². The van der Waals surface area contributed by atoms with Crippen LogP contribution >= 0.6 is 0 Å². The fourth-order valence-electron chi connectivity index (χ4n) is 4.29. The fraction of sp³-hybridized carbons (Fsp3) is 0.478. The Hall–Kier alpha value is -1.42. The molecule has 2 nitrogen and oxygen atoms in total. The third-order valence-corrected chi connectivity index (χ3v) is 10.9. The summed E-state index contributed by atoms with van der Waals surface area (Å²) in [5, 5.41) is 12.2. The van der Waals surface area contributed by atoms with Crippen LogP contribution < -0.4 is 10.4 Å². The maximum atomic E-state index is 9.44. The molecule has 0 bridgehead atoms. The zero-order valence-electron chi connectivity index (χ0n) is 16.5. The SMILES string of the molecule is C[C@@H](CO)[C@H]1C[C@H]1CO[Si](c1ccccc1)(c1ccccc1)C(C)(C)C. The molecule has 1 aliphatic carbocycles. The molecule has 3 atom stereocenters. The van der Waals surface area contributed by atoms with E-state index in [0.717, 1.165) is 6.61 Å². The molecule has 1 aliphatic rings. The first kappa shape index (κ1) is 19.3. The molecule has 0 unspecified atom stereocenters. The van der Waals surface area contributed by atoms with Gasteiger partial charge in [0, 0.05) is 13.2 Å². The number of aliphatic hydroxyl groups excluding tert-OH is 1. The molecule has 1 fully saturated rings. The van der Waals surface area contributed by atoms with E-state index in [0.29, 0.717) is 17.8 Å². The molecule has 1 N–H and O–H groups in total. The Morgan fingerprint density at radius 2 is 1.50 bits per heavy atom. The lowest BCUT2D eigenvalue weighted by molar-refractivity contribution is 0.205. The lowest BCUT2D eigenvalue weighted by Crippen LogP contribution is -2.66. The van der Waals surface area contributed by atoms with Crippen molar-refractivity contribution >= 4 is 18.7 Å². The summed E-state index contributed by atoms with van der Waals surface area (Å²) >= 11 is 0. The number of hydrogen-bond donors (Lipinski definition) is 1. The largest absolute Gasteiger partial charge is 0.407 e. The van der Waals surface area contributed by atoms with Crippen molar-refractivity contribution in [2.45, 2.75) is 39.2 Å². The zero-order chi connectivity index (χ0) is 18.8. The number of aliphatic hydroxyl groups is 1. The van der Waals surface area contributed by atoms with Crippen molar-refractivity contribution in [3.8, 4) is 0 Å². The van der Waals surface area contributed by atoms with E-state index in [9.17, 15) is 5.11 Å². The van der Waals surface area contributed by atoms with E-state index in [1.165, 1.54) is 16.8 Å². The highest BCUT2D eigenvalue weighted by atomic mass is 28.4. The summed E-state index contributed by atoms with van der Waals surface area (Å²) in [6, 6.07) is 21.6. The fourth-order valence-corrected chi connectivity index (χ4v) is 8.91. The van der Waals surface area contributed by atoms with Gasteiger partial charge in [-0.2, -0.15) is 0 Å². The second kappa shape index (κ2) is 7.67. The van der Waals surface area contributed by atoms with Crippen molar-refractivity contribution in [3.05, 3.63) is 60.7 Å². The maximum Gasteiger partial charge on any atom is 0.261 e. The molecule has 2 aromatic rings. The predicted octanol–water partition coefficient (Wildman–Crippen LogP) is 3.83. The van der Waals surface area contributed by atoms with Crippen LogP contribution in [0.1, 0.15) is 34.1 Å². The third-order valence-electron chi connectivity index (χ3n) is 5.93. The van der Waals surface area contributed by atoms with Crippen LogP contribution in [0, 0.1) is 17.8 Å². The van der Waals surface area contributed by atoms with Gasteiger partial charge in [0.25, 0.3) is 8.32 Å². The van der Waals surface area contributed by atoms with Gasteiger partial charge in [0.2, 0.25) is 0 Å². The Morgan fingerprint density at radius 3 is 1.92 bits per heavy atom. The van der Waals surface area contributed by atoms with Gasteiger partial charge in [-0.15, -0.1) is 0 Å². The minimum Gasteiger partial charge on any atom is -0.407 e. The Morgan fingerprint density at radius 1 is 1.00 bits per heavy atom. The van der Waals surface area contributed by atoms with Crippen molar-refractivity contribution in [1.29, 1.82) is 0 Å². The van der Waals surface area contributed by atoms with Crippen LogP contribution in [-0.2, 0) is 4.43 Å². The van der Waals surface area contributed by atoms with Gasteiger partial charge in [0.05, 0.1) is 0 Å². The first-order chi connectivity index (χ1) is 12.4. The van der Waals surface area contributed by atoms with Crippen molar-refractivity contribution in [2.24, 2.45) is 17.8 Å². The molecule has 1 saturated carbocycles. The van der Waals surface area contributed by atoms with Crippen LogP contribution in [0.3, 0.4) is 0 Å². The van der Waals surface area contributed by atoms with Crippen LogP contribution in [0.25, 0.3) is 0 Å². The predicted molar refractivity (Wildman–Crippen MR) is 111 cm³/mol. The average Bonchev–Trinajstić information content (AvgIpc) is 3.42. The summed E-state index contributed by atoms with van der Waals surface area (Å²) in [7, 11) is -2.41. The van der Waals surface area contributed by atoms with Gasteiger partial charge in [-0.05, 0) is 39.6 Å². The smallest absolute Gasteiger partial charge is 0.261 e. The van der Waals surface area contributed by atoms with Gasteiger partial charge in [-0.3, -0.25) is 0 Å². The summed E-state index contributed by atoms with van der Waals surface area (Å²) < 4.78 is 6.97. The summed E-state index contributed by atoms with van der Waals surface area (Å²) in [5.41, 5.74) is 0. The molecule has 0 heterocycles. The third kappa shape index (κ3) is 3.66. The highest BCUT2D eigenvalue weighted by Gasteiger charge is 2.52. The number of benzene rings is 2. The molecule has 0 spiro atoms. The molecule has 0 amide bonds. The van der Waals surface area contributed by atoms with Crippen LogP contribution in [0.2, 0.25) is 5.04 Å². The van der Waals surface area contributed by atoms with Gasteiger partial charge in [-0.25, -0.2) is 0 Å². The second-order valence-corrected chi connectivity index (χ2v) is 13.1. The van der Waals surface area contributed by atoms with Gasteiger partial charge < -0.3 is 9.53 Å². The van der Waals surface area contributed by atoms with E-state index < -0.39 is 8.32 Å². The van der Waals surface area contributed by atoms with Gasteiger partial charge in [-0.1, -0.05) is 88.4 Å². The Bertz CT molecular complexity index is 654. The molecule has 0 aliphatic heterocycles. The monoisotopic (exact) mass is 368 g/mol. The van der Waals surface area contributed by atoms with Crippen LogP contribution in [0.5, 0.6) is 0 Å². The molecule has 140 valence electrons. The summed E-state index contributed by atoms with van der Waals surface area (Å²) in [5.74, 6) is 1.57. The Balaban J connectivity index is 1.96. The first-order valence-corrected chi connectivity index (χ1v) is 11.7. The Labute approximate surface area is 159 Å². The minimum atomic E-state index is -2.41. The van der Waals surface area contributed by atoms with Crippen molar-refractivity contribution in [3.63, 3.8) is 0 Å². The van der Waals surface area contributed by atoms with Gasteiger partial charge in [0.1, 0.15) is 0 Å². The van der Waals surface area contributed by atoms with E-state index in [-0.39, 0.29) is 11.6 Å². The van der Waals surface area contributed by atoms with Crippen molar-refractivity contribution in [2.75, 3.05) is 13.2 Å². The molecule has 0 radical (unpaired) electrons. The highest BCUT2D eigenvalue weighted by Crippen LogP contribution is 2.46. The second-order valence-electron chi connectivity index (χ2n) is 8.79. The van der Waals surface area contributed by atoms with E-state index in [1.807, 2.05) is 0 Å². The normalized spacial score (nSPS) is 21.4. The quantitative estimate of drug-likeness (QED) is 0.753.